The van der Waals surface area contributed by atoms with Crippen LogP contribution in [0.4, 0.5) is 17.7 Å². The highest BCUT2D eigenvalue weighted by atomic mass is 19.4. The molecule has 0 N–H and O–H groups in total. The van der Waals surface area contributed by atoms with Crippen LogP contribution in [0.3, 0.4) is 0 Å². The Hall–Kier alpha value is -0.360. The topological polar surface area (TPSA) is 12.5 Å². The quantitative estimate of drug-likeness (QED) is 0.308. The number of hydrogen-bond donors (Lipinski definition) is 0. The summed E-state index contributed by atoms with van der Waals surface area (Å²) in [5, 5.41) is 0. The van der Waals surface area contributed by atoms with Crippen LogP contribution in [-0.4, -0.2) is 5.51 Å². The molecule has 0 rings (SSSR count). The van der Waals surface area contributed by atoms with Crippen molar-refractivity contribution in [2.75, 3.05) is 0 Å². The lowest BCUT2D eigenvalue weighted by molar-refractivity contribution is -0.410. The molecule has 2 nitrogen and oxygen atoms in total. The van der Waals surface area contributed by atoms with Crippen LogP contribution in [0.2, 0.25) is 0 Å². The first kappa shape index (κ1) is 6.64. The molecule has 43 valence electrons. The lowest BCUT2D eigenvalue weighted by Gasteiger charge is -1.93. The van der Waals surface area contributed by atoms with Crippen molar-refractivity contribution >= 4 is 0 Å². The van der Waals surface area contributed by atoms with Gasteiger partial charge in [-0.2, -0.15) is 13.6 Å². The van der Waals surface area contributed by atoms with Crippen LogP contribution in [0.15, 0.2) is 0 Å². The van der Waals surface area contributed by atoms with E-state index in [1.807, 2.05) is 0 Å². The Morgan fingerprint density at radius 1 is 1.29 bits per heavy atom. The summed E-state index contributed by atoms with van der Waals surface area (Å²) >= 11 is 0. The molecule has 0 fully saturated rings. The van der Waals surface area contributed by atoms with Gasteiger partial charge in [-0.3, -0.25) is 0 Å². The Morgan fingerprint density at radius 2 is 1.71 bits per heavy atom. The summed E-state index contributed by atoms with van der Waals surface area (Å²) in [5.74, 6) is 0. The Bertz CT molecular complexity index is 41.0. The highest BCUT2D eigenvalue weighted by Gasteiger charge is 2.12. The molecule has 6 heteroatoms. The molecule has 0 aromatic rings. The Balaban J connectivity index is 2.95. The SMILES string of the molecule is F[C](F)ON(F)F. The molecule has 0 aromatic carbocycles. The van der Waals surface area contributed by atoms with E-state index in [0.717, 1.165) is 0 Å². The first-order valence-corrected chi connectivity index (χ1v) is 1.10. The molecule has 0 saturated carbocycles. The molecule has 0 aromatic heterocycles. The van der Waals surface area contributed by atoms with E-state index in [4.69, 9.17) is 0 Å². The number of halogens is 4. The monoisotopic (exact) mass is 118 g/mol. The molecule has 0 spiro atoms. The fourth-order valence-corrected chi connectivity index (χ4v) is 0.0522. The van der Waals surface area contributed by atoms with Crippen molar-refractivity contribution in [2.45, 2.75) is 0 Å². The zero-order valence-electron chi connectivity index (χ0n) is 2.87. The van der Waals surface area contributed by atoms with Gasteiger partial charge in [0.2, 0.25) is 0 Å². The van der Waals surface area contributed by atoms with Gasteiger partial charge < -0.3 is 0 Å². The summed E-state index contributed by atoms with van der Waals surface area (Å²) in [6.45, 7) is -2.79. The van der Waals surface area contributed by atoms with Crippen LogP contribution in [0.1, 0.15) is 0 Å². The van der Waals surface area contributed by atoms with Crippen LogP contribution < -0.4 is 0 Å². The molecular formula is CF4NO. The van der Waals surface area contributed by atoms with E-state index in [1.165, 1.54) is 0 Å². The zero-order valence-corrected chi connectivity index (χ0v) is 2.87. The second-order valence-corrected chi connectivity index (χ2v) is 0.519. The second-order valence-electron chi connectivity index (χ2n) is 0.519. The number of rotatable bonds is 2. The summed E-state index contributed by atoms with van der Waals surface area (Å²) < 4.78 is 41.7. The van der Waals surface area contributed by atoms with Crippen LogP contribution >= 0.6 is 0 Å². The fraction of sp³-hybridized carbons (Fsp3) is 0. The van der Waals surface area contributed by atoms with E-state index in [9.17, 15) is 17.7 Å². The lowest BCUT2D eigenvalue weighted by atomic mass is 11.5. The Labute approximate surface area is 36.1 Å². The van der Waals surface area contributed by atoms with Crippen molar-refractivity contribution < 1.29 is 22.6 Å². The Morgan fingerprint density at radius 3 is 1.71 bits per heavy atom. The van der Waals surface area contributed by atoms with Gasteiger partial charge in [0.25, 0.3) is 0 Å². The normalized spacial score (nSPS) is 11.1. The minimum absolute atomic E-state index is 2.09. The maximum absolute atomic E-state index is 10.5. The van der Waals surface area contributed by atoms with Gasteiger partial charge in [-0.1, -0.05) is 8.96 Å². The average Bonchev–Trinajstić information content (AvgIpc) is 1.27. The van der Waals surface area contributed by atoms with Gasteiger partial charge in [0.05, 0.1) is 0 Å². The minimum Gasteiger partial charge on any atom is -0.165 e. The molecule has 1 radical (unpaired) electrons. The molecule has 0 aliphatic heterocycles. The molecule has 0 saturated heterocycles. The molecule has 0 unspecified atom stereocenters. The molecule has 0 amide bonds. The second kappa shape index (κ2) is 2.75. The summed E-state index contributed by atoms with van der Waals surface area (Å²) in [4.78, 5) is 2.33. The van der Waals surface area contributed by atoms with Crippen molar-refractivity contribution in [3.63, 3.8) is 0 Å². The number of hydrogen-bond acceptors (Lipinski definition) is 2. The van der Waals surface area contributed by atoms with Crippen molar-refractivity contribution in [3.8, 4) is 0 Å². The molecule has 7 heavy (non-hydrogen) atoms. The summed E-state index contributed by atoms with van der Waals surface area (Å²) in [7, 11) is 0. The molecule has 0 aliphatic rings. The van der Waals surface area contributed by atoms with Gasteiger partial charge in [0.15, 0.2) is 5.51 Å². The van der Waals surface area contributed by atoms with Crippen LogP contribution in [0.25, 0.3) is 0 Å². The van der Waals surface area contributed by atoms with Gasteiger partial charge in [0, 0.05) is 0 Å². The predicted molar refractivity (Wildman–Crippen MR) is 10.6 cm³/mol. The molecule has 0 heterocycles. The van der Waals surface area contributed by atoms with E-state index in [2.05, 4.69) is 4.84 Å². The van der Waals surface area contributed by atoms with Gasteiger partial charge >= 0.3 is 6.61 Å². The largest absolute Gasteiger partial charge is 0.470 e. The lowest BCUT2D eigenvalue weighted by Crippen LogP contribution is -2.01. The third-order valence-electron chi connectivity index (χ3n) is 0.138. The fourth-order valence-electron chi connectivity index (χ4n) is 0.0522. The standard InChI is InChI=1S/CF4NO/c2-1(3)7-6(4)5. The van der Waals surface area contributed by atoms with Crippen molar-refractivity contribution in [1.29, 1.82) is 0 Å². The van der Waals surface area contributed by atoms with E-state index in [1.54, 1.807) is 0 Å². The van der Waals surface area contributed by atoms with Gasteiger partial charge in [-0.25, -0.2) is 0 Å². The molecule has 0 aliphatic carbocycles. The third kappa shape index (κ3) is 5.64. The molecule has 0 atom stereocenters. The molecular weight excluding hydrogens is 118 g/mol. The van der Waals surface area contributed by atoms with Gasteiger partial charge in [-0.05, 0) is 0 Å². The van der Waals surface area contributed by atoms with Crippen LogP contribution in [-0.2, 0) is 4.84 Å². The first-order valence-electron chi connectivity index (χ1n) is 1.10. The van der Waals surface area contributed by atoms with E-state index in [0.29, 0.717) is 0 Å². The van der Waals surface area contributed by atoms with Crippen LogP contribution in [0.5, 0.6) is 0 Å². The van der Waals surface area contributed by atoms with Crippen LogP contribution in [0, 0.1) is 6.61 Å². The summed E-state index contributed by atoms with van der Waals surface area (Å²) in [6.07, 6.45) is 0. The van der Waals surface area contributed by atoms with Crippen molar-refractivity contribution in [3.05, 3.63) is 6.61 Å². The highest BCUT2D eigenvalue weighted by molar-refractivity contribution is 4.26. The van der Waals surface area contributed by atoms with E-state index >= 15 is 0 Å². The van der Waals surface area contributed by atoms with Crippen molar-refractivity contribution in [1.82, 2.24) is 5.51 Å². The van der Waals surface area contributed by atoms with Gasteiger partial charge in [-0.15, -0.1) is 0 Å². The Kier molecular flexibility index (Phi) is 2.61. The minimum atomic E-state index is -2.79. The van der Waals surface area contributed by atoms with Crippen molar-refractivity contribution in [2.24, 2.45) is 0 Å². The predicted octanol–water partition coefficient (Wildman–Crippen LogP) is 1.37. The maximum Gasteiger partial charge on any atom is 0.470 e. The molecule has 0 bridgehead atoms. The zero-order chi connectivity index (χ0) is 5.86. The smallest absolute Gasteiger partial charge is 0.165 e. The van der Waals surface area contributed by atoms with E-state index < -0.39 is 12.1 Å². The number of nitrogens with zero attached hydrogens (tertiary/aromatic N) is 1. The maximum atomic E-state index is 10.5. The van der Waals surface area contributed by atoms with E-state index in [-0.39, 0.29) is 0 Å². The first-order chi connectivity index (χ1) is 3.13. The summed E-state index contributed by atoms with van der Waals surface area (Å²) in [6, 6.07) is 0. The summed E-state index contributed by atoms with van der Waals surface area (Å²) in [5.41, 5.74) is -2.09. The highest BCUT2D eigenvalue weighted by Crippen LogP contribution is 2.07. The third-order valence-corrected chi connectivity index (χ3v) is 0.138. The average molecular weight is 118 g/mol. The van der Waals surface area contributed by atoms with Gasteiger partial charge in [0.1, 0.15) is 0 Å².